The number of nitrogens with one attached hydrogen (secondary N) is 2. The zero-order valence-electron chi connectivity index (χ0n) is 19.3. The van der Waals surface area contributed by atoms with Crippen LogP contribution >= 0.6 is 11.6 Å². The normalized spacial score (nSPS) is 20.6. The van der Waals surface area contributed by atoms with Crippen molar-refractivity contribution in [2.45, 2.75) is 38.7 Å². The highest BCUT2D eigenvalue weighted by Gasteiger charge is 2.31. The van der Waals surface area contributed by atoms with E-state index in [9.17, 15) is 15.0 Å². The highest BCUT2D eigenvalue weighted by molar-refractivity contribution is 6.30. The van der Waals surface area contributed by atoms with Gasteiger partial charge in [-0.3, -0.25) is 15.3 Å². The van der Waals surface area contributed by atoms with Gasteiger partial charge >= 0.3 is 6.03 Å². The fourth-order valence-corrected chi connectivity index (χ4v) is 3.97. The zero-order chi connectivity index (χ0) is 24.9. The third-order valence-electron chi connectivity index (χ3n) is 5.67. The van der Waals surface area contributed by atoms with Gasteiger partial charge in [0, 0.05) is 35.0 Å². The summed E-state index contributed by atoms with van der Waals surface area (Å²) in [7, 11) is 0. The Morgan fingerprint density at radius 1 is 1.29 bits per heavy atom. The summed E-state index contributed by atoms with van der Waals surface area (Å²) in [6.45, 7) is 3.84. The summed E-state index contributed by atoms with van der Waals surface area (Å²) < 4.78 is 0. The lowest BCUT2D eigenvalue weighted by Gasteiger charge is -2.32. The van der Waals surface area contributed by atoms with Crippen LogP contribution in [0.1, 0.15) is 38.7 Å². The van der Waals surface area contributed by atoms with Crippen LogP contribution < -0.4 is 11.1 Å². The topological polar surface area (TPSA) is 135 Å². The number of phenolic OH excluding ortho intramolecular Hbond substituents is 1. The molecule has 0 spiro atoms. The van der Waals surface area contributed by atoms with E-state index in [2.05, 4.69) is 5.32 Å². The van der Waals surface area contributed by atoms with Gasteiger partial charge in [0.2, 0.25) is 0 Å². The Balaban J connectivity index is 1.79. The van der Waals surface area contributed by atoms with Crippen molar-refractivity contribution in [3.05, 3.63) is 70.4 Å². The molecule has 9 heteroatoms. The molecule has 0 radical (unpaired) electrons. The molecule has 1 aliphatic carbocycles. The molecule has 8 nitrogen and oxygen atoms in total. The van der Waals surface area contributed by atoms with Gasteiger partial charge in [-0.25, -0.2) is 4.79 Å². The minimum Gasteiger partial charge on any atom is -0.508 e. The van der Waals surface area contributed by atoms with Crippen LogP contribution in [-0.4, -0.2) is 51.4 Å². The molecule has 0 bridgehead atoms. The van der Waals surface area contributed by atoms with Gasteiger partial charge in [0.05, 0.1) is 17.8 Å². The number of aromatic hydroxyl groups is 1. The first-order valence-corrected chi connectivity index (χ1v) is 11.4. The summed E-state index contributed by atoms with van der Waals surface area (Å²) in [4.78, 5) is 18.8. The summed E-state index contributed by atoms with van der Waals surface area (Å²) in [5.41, 5.74) is 8.51. The number of halogens is 1. The molecule has 2 aromatic rings. The first-order chi connectivity index (χ1) is 16.1. The van der Waals surface area contributed by atoms with E-state index in [0.29, 0.717) is 46.8 Å². The van der Waals surface area contributed by atoms with Gasteiger partial charge in [-0.15, -0.1) is 0 Å². The number of nitrogens with two attached hydrogens (primary N) is 1. The summed E-state index contributed by atoms with van der Waals surface area (Å²) in [5, 5.41) is 31.8. The lowest BCUT2D eigenvalue weighted by molar-refractivity contribution is 0.0501. The van der Waals surface area contributed by atoms with Crippen LogP contribution in [0.25, 0.3) is 0 Å². The predicted molar refractivity (Wildman–Crippen MR) is 135 cm³/mol. The van der Waals surface area contributed by atoms with Crippen molar-refractivity contribution in [3.8, 4) is 5.75 Å². The second kappa shape index (κ2) is 10.7. The molecule has 3 rings (SSSR count). The monoisotopic (exact) mass is 483 g/mol. The highest BCUT2D eigenvalue weighted by atomic mass is 35.5. The third-order valence-corrected chi connectivity index (χ3v) is 5.90. The molecule has 1 unspecified atom stereocenters. The van der Waals surface area contributed by atoms with Crippen LogP contribution in [0.4, 0.5) is 10.5 Å². The number of carbonyl (C=O) groups is 1. The Morgan fingerprint density at radius 2 is 2.00 bits per heavy atom. The van der Waals surface area contributed by atoms with Crippen molar-refractivity contribution in [3.63, 3.8) is 0 Å². The fraction of sp³-hybridized carbons (Fsp3) is 0.320. The summed E-state index contributed by atoms with van der Waals surface area (Å²) in [5.74, 6) is 0.0945. The van der Waals surface area contributed by atoms with Gasteiger partial charge in [-0.05, 0) is 74.7 Å². The van der Waals surface area contributed by atoms with E-state index < -0.39 is 11.6 Å². The molecule has 1 saturated carbocycles. The van der Waals surface area contributed by atoms with Gasteiger partial charge in [-0.1, -0.05) is 17.7 Å². The Bertz CT molecular complexity index is 1130. The standard InChI is InChI=1S/C25H30ClN5O3/c1-3-31(23(28)16-7-9-19(32)10-8-16)24(33)29-15-21(27)20-14-25(2,34)12-11-22(20)30-18-6-4-5-17(26)13-18/h4-10,13,28,32,34H,3,11-12,14-15,27H2,1-2H3,(H,29,33)/b21-20-,28-23?,30-22?. The number of benzene rings is 2. The summed E-state index contributed by atoms with van der Waals surface area (Å²) in [6.07, 6.45) is 1.40. The largest absolute Gasteiger partial charge is 0.508 e. The molecule has 0 saturated heterocycles. The molecule has 1 aliphatic rings. The van der Waals surface area contributed by atoms with Crippen molar-refractivity contribution in [1.29, 1.82) is 5.41 Å². The Morgan fingerprint density at radius 3 is 2.65 bits per heavy atom. The number of hydrogen-bond acceptors (Lipinski definition) is 6. The number of amides is 2. The number of aliphatic imine (C=N–C) groups is 1. The molecule has 1 atom stereocenters. The first-order valence-electron chi connectivity index (χ1n) is 11.1. The average molecular weight is 484 g/mol. The molecule has 2 aromatic carbocycles. The fourth-order valence-electron chi connectivity index (χ4n) is 3.78. The highest BCUT2D eigenvalue weighted by Crippen LogP contribution is 2.33. The van der Waals surface area contributed by atoms with Crippen LogP contribution in [0.2, 0.25) is 5.02 Å². The number of urea groups is 1. The molecule has 6 N–H and O–H groups in total. The second-order valence-corrected chi connectivity index (χ2v) is 8.95. The average Bonchev–Trinajstić information content (AvgIpc) is 2.79. The number of nitrogens with zero attached hydrogens (tertiary/aromatic N) is 2. The van der Waals surface area contributed by atoms with E-state index in [0.717, 1.165) is 5.71 Å². The molecule has 0 aromatic heterocycles. The number of carbonyl (C=O) groups excluding carboxylic acids is 1. The van der Waals surface area contributed by atoms with Crippen LogP contribution in [0.15, 0.2) is 64.8 Å². The van der Waals surface area contributed by atoms with Crippen molar-refractivity contribution in [2.75, 3.05) is 13.1 Å². The molecular formula is C25H30ClN5O3. The number of rotatable bonds is 5. The van der Waals surface area contributed by atoms with Crippen molar-refractivity contribution in [1.82, 2.24) is 10.2 Å². The van der Waals surface area contributed by atoms with Crippen LogP contribution in [0.3, 0.4) is 0 Å². The minimum absolute atomic E-state index is 0.00929. The van der Waals surface area contributed by atoms with E-state index in [-0.39, 0.29) is 24.7 Å². The Hall–Kier alpha value is -3.36. The van der Waals surface area contributed by atoms with Crippen molar-refractivity contribution < 1.29 is 15.0 Å². The number of amidine groups is 1. The quantitative estimate of drug-likeness (QED) is 0.319. The van der Waals surface area contributed by atoms with Gasteiger partial charge in [0.15, 0.2) is 0 Å². The molecule has 2 amide bonds. The van der Waals surface area contributed by atoms with Gasteiger partial charge < -0.3 is 21.3 Å². The Labute approximate surface area is 204 Å². The third kappa shape index (κ3) is 6.36. The molecule has 1 fully saturated rings. The summed E-state index contributed by atoms with van der Waals surface area (Å²) in [6, 6.07) is 12.8. The lowest BCUT2D eigenvalue weighted by atomic mass is 9.80. The van der Waals surface area contributed by atoms with Crippen LogP contribution in [-0.2, 0) is 0 Å². The first kappa shape index (κ1) is 25.3. The van der Waals surface area contributed by atoms with Crippen LogP contribution in [0, 0.1) is 5.41 Å². The van der Waals surface area contributed by atoms with Crippen LogP contribution in [0.5, 0.6) is 5.75 Å². The molecule has 180 valence electrons. The molecular weight excluding hydrogens is 454 g/mol. The molecule has 0 heterocycles. The van der Waals surface area contributed by atoms with E-state index in [1.54, 1.807) is 38.1 Å². The SMILES string of the molecule is CCN(C(=N)c1ccc(O)cc1)C(=O)NC/C(N)=C1\CC(C)(O)CCC1=Nc1cccc(Cl)c1. The van der Waals surface area contributed by atoms with Gasteiger partial charge in [-0.2, -0.15) is 0 Å². The smallest absolute Gasteiger partial charge is 0.323 e. The second-order valence-electron chi connectivity index (χ2n) is 8.51. The molecule has 0 aliphatic heterocycles. The van der Waals surface area contributed by atoms with Gasteiger partial charge in [0.1, 0.15) is 11.6 Å². The lowest BCUT2D eigenvalue weighted by Crippen LogP contribution is -2.45. The zero-order valence-corrected chi connectivity index (χ0v) is 20.1. The van der Waals surface area contributed by atoms with E-state index in [4.69, 9.17) is 27.7 Å². The van der Waals surface area contributed by atoms with E-state index in [1.165, 1.54) is 17.0 Å². The number of hydrogen-bond donors (Lipinski definition) is 5. The maximum atomic E-state index is 12.8. The van der Waals surface area contributed by atoms with E-state index >= 15 is 0 Å². The van der Waals surface area contributed by atoms with Crippen molar-refractivity contribution in [2.24, 2.45) is 10.7 Å². The molecule has 34 heavy (non-hydrogen) atoms. The maximum Gasteiger partial charge on any atom is 0.323 e. The number of aliphatic hydroxyl groups is 1. The number of phenols is 1. The van der Waals surface area contributed by atoms with E-state index in [1.807, 2.05) is 12.1 Å². The maximum absolute atomic E-state index is 12.8. The predicted octanol–water partition coefficient (Wildman–Crippen LogP) is 4.32. The minimum atomic E-state index is -0.923. The van der Waals surface area contributed by atoms with Gasteiger partial charge in [0.25, 0.3) is 0 Å². The summed E-state index contributed by atoms with van der Waals surface area (Å²) >= 11 is 6.08. The van der Waals surface area contributed by atoms with Crippen molar-refractivity contribution >= 4 is 34.9 Å². The Kier molecular flexibility index (Phi) is 7.96.